The van der Waals surface area contributed by atoms with Gasteiger partial charge < -0.3 is 15.3 Å². The maximum atomic E-state index is 7.00. The van der Waals surface area contributed by atoms with Gasteiger partial charge in [-0.1, -0.05) is 57.8 Å². The van der Waals surface area contributed by atoms with Crippen LogP contribution in [-0.2, 0) is 0 Å². The maximum absolute atomic E-state index is 7.00. The standard InChI is InChI=1S/C9H18.3CH4O/c1-2-4-6-8-9-7-5-3-1;3*1-2/h1-9H2;3*2H,1H3. The zero-order chi connectivity index (χ0) is 12.4. The lowest BCUT2D eigenvalue weighted by atomic mass is 10.1. The van der Waals surface area contributed by atoms with E-state index in [1.165, 1.54) is 57.8 Å². The molecule has 1 rings (SSSR count). The molecule has 0 bridgehead atoms. The first-order chi connectivity index (χ1) is 7.50. The molecule has 0 amide bonds. The summed E-state index contributed by atoms with van der Waals surface area (Å²) in [5.41, 5.74) is 0. The summed E-state index contributed by atoms with van der Waals surface area (Å²) in [5, 5.41) is 21.0. The molecular weight excluding hydrogens is 192 g/mol. The minimum absolute atomic E-state index is 1.00. The Labute approximate surface area is 95.1 Å². The van der Waals surface area contributed by atoms with E-state index in [2.05, 4.69) is 0 Å². The summed E-state index contributed by atoms with van der Waals surface area (Å²) in [6, 6.07) is 0. The topological polar surface area (TPSA) is 60.7 Å². The molecule has 96 valence electrons. The van der Waals surface area contributed by atoms with Crippen molar-refractivity contribution in [2.75, 3.05) is 21.3 Å². The van der Waals surface area contributed by atoms with Gasteiger partial charge in [-0.05, 0) is 0 Å². The van der Waals surface area contributed by atoms with Crippen molar-refractivity contribution in [3.63, 3.8) is 0 Å². The van der Waals surface area contributed by atoms with Crippen molar-refractivity contribution in [3.05, 3.63) is 0 Å². The van der Waals surface area contributed by atoms with Gasteiger partial charge in [0.05, 0.1) is 0 Å². The molecule has 0 aromatic carbocycles. The fourth-order valence-electron chi connectivity index (χ4n) is 1.59. The van der Waals surface area contributed by atoms with E-state index >= 15 is 0 Å². The maximum Gasteiger partial charge on any atom is 0.0319 e. The highest BCUT2D eigenvalue weighted by Crippen LogP contribution is 2.15. The normalized spacial score (nSPS) is 15.6. The van der Waals surface area contributed by atoms with Gasteiger partial charge in [0.2, 0.25) is 0 Å². The minimum atomic E-state index is 1.00. The Kier molecular flexibility index (Phi) is 39.5. The predicted octanol–water partition coefficient (Wildman–Crippen LogP) is 2.34. The van der Waals surface area contributed by atoms with Crippen molar-refractivity contribution in [3.8, 4) is 0 Å². The summed E-state index contributed by atoms with van der Waals surface area (Å²) in [6.45, 7) is 0. The van der Waals surface area contributed by atoms with Crippen LogP contribution in [0, 0.1) is 0 Å². The first-order valence-electron chi connectivity index (χ1n) is 5.84. The molecule has 1 fully saturated rings. The first-order valence-corrected chi connectivity index (χ1v) is 5.84. The highest BCUT2D eigenvalue weighted by atomic mass is 16.2. The van der Waals surface area contributed by atoms with Gasteiger partial charge in [0.15, 0.2) is 0 Å². The molecule has 3 heteroatoms. The predicted molar refractivity (Wildman–Crippen MR) is 66.0 cm³/mol. The molecular formula is C12H30O3. The highest BCUT2D eigenvalue weighted by Gasteiger charge is 1.95. The molecule has 1 saturated carbocycles. The Morgan fingerprint density at radius 3 is 0.467 bits per heavy atom. The lowest BCUT2D eigenvalue weighted by Crippen LogP contribution is -1.73. The number of aliphatic hydroxyl groups is 3. The van der Waals surface area contributed by atoms with Crippen molar-refractivity contribution in [2.24, 2.45) is 0 Å². The molecule has 0 spiro atoms. The monoisotopic (exact) mass is 222 g/mol. The molecule has 0 aromatic rings. The van der Waals surface area contributed by atoms with Crippen molar-refractivity contribution in [1.82, 2.24) is 0 Å². The molecule has 3 nitrogen and oxygen atoms in total. The number of hydrogen-bond donors (Lipinski definition) is 3. The van der Waals surface area contributed by atoms with Gasteiger partial charge in [-0.15, -0.1) is 0 Å². The summed E-state index contributed by atoms with van der Waals surface area (Å²) in [6.07, 6.45) is 13.5. The Morgan fingerprint density at radius 2 is 0.400 bits per heavy atom. The van der Waals surface area contributed by atoms with Crippen LogP contribution in [0.1, 0.15) is 57.8 Å². The number of aliphatic hydroxyl groups excluding tert-OH is 3. The van der Waals surface area contributed by atoms with E-state index in [1.54, 1.807) is 0 Å². The van der Waals surface area contributed by atoms with Crippen LogP contribution in [0.3, 0.4) is 0 Å². The lowest BCUT2D eigenvalue weighted by Gasteiger charge is -1.93. The summed E-state index contributed by atoms with van der Waals surface area (Å²) in [4.78, 5) is 0. The van der Waals surface area contributed by atoms with E-state index in [0.717, 1.165) is 21.3 Å². The second kappa shape index (κ2) is 29.2. The molecule has 0 aliphatic heterocycles. The van der Waals surface area contributed by atoms with Crippen molar-refractivity contribution < 1.29 is 15.3 Å². The molecule has 1 aliphatic carbocycles. The van der Waals surface area contributed by atoms with Crippen molar-refractivity contribution >= 4 is 0 Å². The van der Waals surface area contributed by atoms with E-state index in [1.807, 2.05) is 0 Å². The molecule has 0 radical (unpaired) electrons. The minimum Gasteiger partial charge on any atom is -0.400 e. The van der Waals surface area contributed by atoms with Crippen LogP contribution in [0.2, 0.25) is 0 Å². The summed E-state index contributed by atoms with van der Waals surface area (Å²) in [5.74, 6) is 0. The smallest absolute Gasteiger partial charge is 0.0319 e. The van der Waals surface area contributed by atoms with E-state index in [4.69, 9.17) is 15.3 Å². The van der Waals surface area contributed by atoms with E-state index < -0.39 is 0 Å². The van der Waals surface area contributed by atoms with Gasteiger partial charge in [-0.2, -0.15) is 0 Å². The molecule has 1 aliphatic rings. The van der Waals surface area contributed by atoms with Crippen LogP contribution >= 0.6 is 0 Å². The Bertz CT molecular complexity index is 39.4. The van der Waals surface area contributed by atoms with Crippen LogP contribution in [0.4, 0.5) is 0 Å². The van der Waals surface area contributed by atoms with Crippen LogP contribution < -0.4 is 0 Å². The van der Waals surface area contributed by atoms with Gasteiger partial charge >= 0.3 is 0 Å². The van der Waals surface area contributed by atoms with E-state index in [9.17, 15) is 0 Å². The van der Waals surface area contributed by atoms with Gasteiger partial charge in [-0.3, -0.25) is 0 Å². The number of rotatable bonds is 0. The fourth-order valence-corrected chi connectivity index (χ4v) is 1.59. The third kappa shape index (κ3) is 24.8. The molecule has 0 aromatic heterocycles. The summed E-state index contributed by atoms with van der Waals surface area (Å²) < 4.78 is 0. The first kappa shape index (κ1) is 20.3. The fraction of sp³-hybridized carbons (Fsp3) is 1.00. The van der Waals surface area contributed by atoms with Gasteiger partial charge in [0.25, 0.3) is 0 Å². The Hall–Kier alpha value is -0.120. The second-order valence-corrected chi connectivity index (χ2v) is 3.18. The van der Waals surface area contributed by atoms with Gasteiger partial charge in [-0.25, -0.2) is 0 Å². The average Bonchev–Trinajstić information content (AvgIpc) is 2.52. The third-order valence-electron chi connectivity index (χ3n) is 2.25. The van der Waals surface area contributed by atoms with Crippen LogP contribution in [0.5, 0.6) is 0 Å². The molecule has 0 unspecified atom stereocenters. The summed E-state index contributed by atoms with van der Waals surface area (Å²) >= 11 is 0. The Balaban J connectivity index is -0.000000208. The molecule has 3 N–H and O–H groups in total. The van der Waals surface area contributed by atoms with E-state index in [-0.39, 0.29) is 0 Å². The molecule has 15 heavy (non-hydrogen) atoms. The van der Waals surface area contributed by atoms with Crippen LogP contribution in [0.15, 0.2) is 0 Å². The molecule has 0 saturated heterocycles. The zero-order valence-electron chi connectivity index (χ0n) is 10.7. The van der Waals surface area contributed by atoms with E-state index in [0.29, 0.717) is 0 Å². The van der Waals surface area contributed by atoms with Crippen LogP contribution in [0.25, 0.3) is 0 Å². The molecule has 0 heterocycles. The van der Waals surface area contributed by atoms with Gasteiger partial charge in [0, 0.05) is 21.3 Å². The van der Waals surface area contributed by atoms with Crippen LogP contribution in [-0.4, -0.2) is 36.6 Å². The zero-order valence-corrected chi connectivity index (χ0v) is 10.7. The third-order valence-corrected chi connectivity index (χ3v) is 2.25. The SMILES string of the molecule is C1CCCCCCCC1.CO.CO.CO. The quantitative estimate of drug-likeness (QED) is 0.589. The molecule has 0 atom stereocenters. The van der Waals surface area contributed by atoms with Crippen molar-refractivity contribution in [2.45, 2.75) is 57.8 Å². The van der Waals surface area contributed by atoms with Crippen molar-refractivity contribution in [1.29, 1.82) is 0 Å². The second-order valence-electron chi connectivity index (χ2n) is 3.18. The highest BCUT2D eigenvalue weighted by molar-refractivity contribution is 4.51. The summed E-state index contributed by atoms with van der Waals surface area (Å²) in [7, 11) is 3.00. The average molecular weight is 222 g/mol. The van der Waals surface area contributed by atoms with Gasteiger partial charge in [0.1, 0.15) is 0 Å². The number of hydrogen-bond acceptors (Lipinski definition) is 3. The largest absolute Gasteiger partial charge is 0.400 e. The Morgan fingerprint density at radius 1 is 0.333 bits per heavy atom. The lowest BCUT2D eigenvalue weighted by molar-refractivity contribution is 0.399.